The number of aromatic nitrogens is 5. The third-order valence-corrected chi connectivity index (χ3v) is 4.69. The topological polar surface area (TPSA) is 112 Å². The molecule has 0 saturated carbocycles. The molecular weight excluding hydrogens is 382 g/mol. The maximum Gasteiger partial charge on any atom is 0.274 e. The summed E-state index contributed by atoms with van der Waals surface area (Å²) in [5, 5.41) is 6.26. The molecule has 0 atom stereocenters. The van der Waals surface area contributed by atoms with Crippen molar-refractivity contribution in [3.05, 3.63) is 48.8 Å². The van der Waals surface area contributed by atoms with E-state index in [4.69, 9.17) is 0 Å². The van der Waals surface area contributed by atoms with Crippen LogP contribution in [-0.4, -0.2) is 71.1 Å². The molecule has 0 radical (unpaired) electrons. The minimum atomic E-state index is -0.325. The van der Waals surface area contributed by atoms with Crippen LogP contribution in [0, 0.1) is 0 Å². The van der Waals surface area contributed by atoms with Gasteiger partial charge in [0, 0.05) is 65.1 Å². The van der Waals surface area contributed by atoms with Crippen LogP contribution in [0.25, 0.3) is 11.4 Å². The molecule has 1 aliphatic heterocycles. The molecule has 4 heterocycles. The number of rotatable bonds is 5. The van der Waals surface area contributed by atoms with E-state index in [1.54, 1.807) is 42.0 Å². The molecule has 3 aromatic rings. The van der Waals surface area contributed by atoms with Gasteiger partial charge in [-0.2, -0.15) is 0 Å². The van der Waals surface area contributed by atoms with Gasteiger partial charge in [0.2, 0.25) is 5.95 Å². The SMILES string of the molecule is CN(C)c1ncc(-c2nccc(C(=O)Nc3cnccc3N3CCNCC3)n2)cn1. The van der Waals surface area contributed by atoms with Crippen molar-refractivity contribution < 1.29 is 4.79 Å². The Labute approximate surface area is 174 Å². The van der Waals surface area contributed by atoms with Crippen molar-refractivity contribution in [3.63, 3.8) is 0 Å². The van der Waals surface area contributed by atoms with Gasteiger partial charge in [-0.3, -0.25) is 9.78 Å². The Morgan fingerprint density at radius 3 is 2.57 bits per heavy atom. The number of nitrogens with zero attached hydrogens (tertiary/aromatic N) is 7. The lowest BCUT2D eigenvalue weighted by Gasteiger charge is -2.30. The second kappa shape index (κ2) is 8.78. The molecule has 0 spiro atoms. The molecule has 10 heteroatoms. The standard InChI is InChI=1S/C20H23N9O/c1-28(2)20-24-11-14(12-25-20)18-23-6-3-15(26-18)19(30)27-16-13-22-5-4-17(16)29-9-7-21-8-10-29/h3-6,11-13,21H,7-10H2,1-2H3,(H,27,30). The van der Waals surface area contributed by atoms with Crippen LogP contribution in [0.15, 0.2) is 43.1 Å². The minimum absolute atomic E-state index is 0.256. The van der Waals surface area contributed by atoms with Crippen LogP contribution in [0.4, 0.5) is 17.3 Å². The average molecular weight is 405 g/mol. The number of amides is 1. The van der Waals surface area contributed by atoms with Gasteiger partial charge in [0.15, 0.2) is 5.82 Å². The van der Waals surface area contributed by atoms with E-state index in [1.165, 1.54) is 0 Å². The second-order valence-corrected chi connectivity index (χ2v) is 7.02. The lowest BCUT2D eigenvalue weighted by molar-refractivity contribution is 0.102. The third-order valence-electron chi connectivity index (χ3n) is 4.69. The van der Waals surface area contributed by atoms with Crippen LogP contribution in [0.5, 0.6) is 0 Å². The number of carbonyl (C=O) groups is 1. The highest BCUT2D eigenvalue weighted by Crippen LogP contribution is 2.25. The zero-order valence-corrected chi connectivity index (χ0v) is 16.9. The van der Waals surface area contributed by atoms with Gasteiger partial charge in [-0.1, -0.05) is 0 Å². The van der Waals surface area contributed by atoms with Crippen LogP contribution in [-0.2, 0) is 0 Å². The van der Waals surface area contributed by atoms with Gasteiger partial charge < -0.3 is 20.4 Å². The number of carbonyl (C=O) groups excluding carboxylic acids is 1. The van der Waals surface area contributed by atoms with E-state index >= 15 is 0 Å². The van der Waals surface area contributed by atoms with Crippen molar-refractivity contribution in [2.24, 2.45) is 0 Å². The van der Waals surface area contributed by atoms with Crippen molar-refractivity contribution in [1.82, 2.24) is 30.2 Å². The number of nitrogens with one attached hydrogen (secondary N) is 2. The van der Waals surface area contributed by atoms with E-state index in [-0.39, 0.29) is 11.6 Å². The van der Waals surface area contributed by atoms with Crippen LogP contribution in [0.2, 0.25) is 0 Å². The van der Waals surface area contributed by atoms with Gasteiger partial charge in [0.25, 0.3) is 5.91 Å². The highest BCUT2D eigenvalue weighted by atomic mass is 16.1. The molecule has 10 nitrogen and oxygen atoms in total. The van der Waals surface area contributed by atoms with Crippen LogP contribution < -0.4 is 20.4 Å². The Hall–Kier alpha value is -3.66. The first-order valence-corrected chi connectivity index (χ1v) is 9.65. The molecule has 1 aliphatic rings. The Balaban J connectivity index is 1.54. The summed E-state index contributed by atoms with van der Waals surface area (Å²) >= 11 is 0. The fraction of sp³-hybridized carbons (Fsp3) is 0.300. The normalized spacial score (nSPS) is 13.7. The number of piperazine rings is 1. The maximum absolute atomic E-state index is 12.9. The largest absolute Gasteiger partial charge is 0.367 e. The number of hydrogen-bond acceptors (Lipinski definition) is 9. The molecular formula is C20H23N9O. The smallest absolute Gasteiger partial charge is 0.274 e. The van der Waals surface area contributed by atoms with Crippen molar-refractivity contribution in [2.45, 2.75) is 0 Å². The maximum atomic E-state index is 12.9. The van der Waals surface area contributed by atoms with E-state index in [9.17, 15) is 4.79 Å². The molecule has 0 unspecified atom stereocenters. The zero-order valence-electron chi connectivity index (χ0n) is 16.9. The van der Waals surface area contributed by atoms with E-state index in [0.29, 0.717) is 23.0 Å². The van der Waals surface area contributed by atoms with Gasteiger partial charge >= 0.3 is 0 Å². The minimum Gasteiger partial charge on any atom is -0.367 e. The molecule has 30 heavy (non-hydrogen) atoms. The van der Waals surface area contributed by atoms with Gasteiger partial charge in [-0.15, -0.1) is 0 Å². The number of hydrogen-bond donors (Lipinski definition) is 2. The van der Waals surface area contributed by atoms with Crippen molar-refractivity contribution in [1.29, 1.82) is 0 Å². The zero-order chi connectivity index (χ0) is 20.9. The van der Waals surface area contributed by atoms with Gasteiger partial charge in [0.1, 0.15) is 5.69 Å². The molecule has 1 amide bonds. The first-order chi connectivity index (χ1) is 14.6. The Morgan fingerprint density at radius 2 is 1.83 bits per heavy atom. The Morgan fingerprint density at radius 1 is 1.07 bits per heavy atom. The summed E-state index contributed by atoms with van der Waals surface area (Å²) in [6.45, 7) is 3.54. The quantitative estimate of drug-likeness (QED) is 0.643. The third kappa shape index (κ3) is 4.33. The summed E-state index contributed by atoms with van der Waals surface area (Å²) in [5.41, 5.74) is 2.50. The van der Waals surface area contributed by atoms with Crippen molar-refractivity contribution in [3.8, 4) is 11.4 Å². The molecule has 2 N–H and O–H groups in total. The molecule has 3 aromatic heterocycles. The summed E-state index contributed by atoms with van der Waals surface area (Å²) in [6.07, 6.45) is 8.22. The summed E-state index contributed by atoms with van der Waals surface area (Å²) in [6, 6.07) is 3.49. The van der Waals surface area contributed by atoms with E-state index < -0.39 is 0 Å². The monoisotopic (exact) mass is 405 g/mol. The highest BCUT2D eigenvalue weighted by molar-refractivity contribution is 6.04. The lowest BCUT2D eigenvalue weighted by atomic mass is 10.2. The number of anilines is 3. The second-order valence-electron chi connectivity index (χ2n) is 7.02. The van der Waals surface area contributed by atoms with Gasteiger partial charge in [-0.25, -0.2) is 19.9 Å². The number of pyridine rings is 1. The fourth-order valence-electron chi connectivity index (χ4n) is 3.14. The van der Waals surface area contributed by atoms with E-state index in [1.807, 2.05) is 20.2 Å². The first-order valence-electron chi connectivity index (χ1n) is 9.65. The van der Waals surface area contributed by atoms with E-state index in [2.05, 4.69) is 40.5 Å². The molecule has 0 aromatic carbocycles. The summed E-state index contributed by atoms with van der Waals surface area (Å²) < 4.78 is 0. The van der Waals surface area contributed by atoms with Crippen LogP contribution in [0.1, 0.15) is 10.5 Å². The van der Waals surface area contributed by atoms with Crippen molar-refractivity contribution >= 4 is 23.2 Å². The summed E-state index contributed by atoms with van der Waals surface area (Å²) in [4.78, 5) is 38.3. The molecule has 0 bridgehead atoms. The summed E-state index contributed by atoms with van der Waals surface area (Å²) in [5.74, 6) is 0.653. The van der Waals surface area contributed by atoms with E-state index in [0.717, 1.165) is 31.9 Å². The van der Waals surface area contributed by atoms with Gasteiger partial charge in [-0.05, 0) is 12.1 Å². The molecule has 0 aliphatic carbocycles. The molecule has 4 rings (SSSR count). The molecule has 1 fully saturated rings. The van der Waals surface area contributed by atoms with Crippen molar-refractivity contribution in [2.75, 3.05) is 55.4 Å². The fourth-order valence-corrected chi connectivity index (χ4v) is 3.14. The first kappa shape index (κ1) is 19.6. The Kier molecular flexibility index (Phi) is 5.75. The summed E-state index contributed by atoms with van der Waals surface area (Å²) in [7, 11) is 3.73. The Bertz CT molecular complexity index is 1020. The molecule has 1 saturated heterocycles. The van der Waals surface area contributed by atoms with Gasteiger partial charge in [0.05, 0.1) is 23.1 Å². The predicted octanol–water partition coefficient (Wildman–Crippen LogP) is 1.06. The average Bonchev–Trinajstić information content (AvgIpc) is 2.80. The highest BCUT2D eigenvalue weighted by Gasteiger charge is 2.17. The lowest BCUT2D eigenvalue weighted by Crippen LogP contribution is -2.43. The van der Waals surface area contributed by atoms with Crippen LogP contribution >= 0.6 is 0 Å². The van der Waals surface area contributed by atoms with Crippen LogP contribution in [0.3, 0.4) is 0 Å². The molecule has 154 valence electrons. The predicted molar refractivity (Wildman–Crippen MR) is 115 cm³/mol.